The van der Waals surface area contributed by atoms with Crippen LogP contribution in [0.1, 0.15) is 44.9 Å². The average Bonchev–Trinajstić information content (AvgIpc) is 2.44. The summed E-state index contributed by atoms with van der Waals surface area (Å²) < 4.78 is 0. The van der Waals surface area contributed by atoms with Gasteiger partial charge in [0.2, 0.25) is 5.95 Å². The van der Waals surface area contributed by atoms with Crippen molar-refractivity contribution in [3.8, 4) is 0 Å². The average molecular weight is 276 g/mol. The fourth-order valence-corrected chi connectivity index (χ4v) is 2.65. The van der Waals surface area contributed by atoms with Crippen molar-refractivity contribution in [3.63, 3.8) is 0 Å². The summed E-state index contributed by atoms with van der Waals surface area (Å²) in [5.74, 6) is 2.43. The van der Waals surface area contributed by atoms with Gasteiger partial charge in [0.25, 0.3) is 0 Å². The molecule has 0 saturated carbocycles. The maximum Gasteiger partial charge on any atom is 0.225 e. The molecule has 1 aliphatic heterocycles. The van der Waals surface area contributed by atoms with Gasteiger partial charge in [0, 0.05) is 37.1 Å². The van der Waals surface area contributed by atoms with Gasteiger partial charge < -0.3 is 10.2 Å². The van der Waals surface area contributed by atoms with Gasteiger partial charge in [-0.3, -0.25) is 0 Å². The summed E-state index contributed by atoms with van der Waals surface area (Å²) in [6, 6.07) is 0. The van der Waals surface area contributed by atoms with Crippen LogP contribution >= 0.6 is 0 Å². The molecule has 2 heterocycles. The van der Waals surface area contributed by atoms with E-state index in [0.717, 1.165) is 56.1 Å². The van der Waals surface area contributed by atoms with Crippen molar-refractivity contribution in [1.29, 1.82) is 0 Å². The Morgan fingerprint density at radius 1 is 1.35 bits per heavy atom. The van der Waals surface area contributed by atoms with Gasteiger partial charge in [0.05, 0.1) is 0 Å². The van der Waals surface area contributed by atoms with E-state index in [0.29, 0.717) is 0 Å². The standard InChI is InChI=1S/C16H28N4/c1-5-7-17-9-15-10-18-16(19-14(15)4)20-8-6-12(2)13(3)11-20/h10,12-13,17H,5-9,11H2,1-4H3. The van der Waals surface area contributed by atoms with E-state index in [4.69, 9.17) is 4.98 Å². The van der Waals surface area contributed by atoms with Crippen molar-refractivity contribution in [1.82, 2.24) is 15.3 Å². The molecule has 0 amide bonds. The van der Waals surface area contributed by atoms with Crippen molar-refractivity contribution < 1.29 is 0 Å². The van der Waals surface area contributed by atoms with Crippen LogP contribution in [0.25, 0.3) is 0 Å². The lowest BCUT2D eigenvalue weighted by Gasteiger charge is -2.35. The Morgan fingerprint density at radius 2 is 2.15 bits per heavy atom. The lowest BCUT2D eigenvalue weighted by Crippen LogP contribution is -2.39. The molecule has 2 unspecified atom stereocenters. The second-order valence-corrected chi connectivity index (χ2v) is 6.15. The maximum atomic E-state index is 4.71. The lowest BCUT2D eigenvalue weighted by atomic mass is 9.89. The molecular formula is C16H28N4. The molecule has 1 aliphatic rings. The van der Waals surface area contributed by atoms with E-state index >= 15 is 0 Å². The Hall–Kier alpha value is -1.16. The van der Waals surface area contributed by atoms with Crippen molar-refractivity contribution >= 4 is 5.95 Å². The molecule has 2 atom stereocenters. The number of nitrogens with one attached hydrogen (secondary N) is 1. The zero-order valence-electron chi connectivity index (χ0n) is 13.3. The Bertz CT molecular complexity index is 432. The van der Waals surface area contributed by atoms with Crippen molar-refractivity contribution in [3.05, 3.63) is 17.5 Å². The van der Waals surface area contributed by atoms with Crippen LogP contribution in [-0.2, 0) is 6.54 Å². The normalized spacial score (nSPS) is 23.1. The number of aryl methyl sites for hydroxylation is 1. The molecule has 1 aromatic rings. The minimum atomic E-state index is 0.721. The fourth-order valence-electron chi connectivity index (χ4n) is 2.65. The minimum absolute atomic E-state index is 0.721. The summed E-state index contributed by atoms with van der Waals surface area (Å²) in [5, 5.41) is 3.41. The van der Waals surface area contributed by atoms with Crippen molar-refractivity contribution in [2.75, 3.05) is 24.5 Å². The highest BCUT2D eigenvalue weighted by atomic mass is 15.3. The monoisotopic (exact) mass is 276 g/mol. The lowest BCUT2D eigenvalue weighted by molar-refractivity contribution is 0.321. The van der Waals surface area contributed by atoms with E-state index in [1.165, 1.54) is 12.0 Å². The van der Waals surface area contributed by atoms with Gasteiger partial charge in [-0.1, -0.05) is 20.8 Å². The number of nitrogens with zero attached hydrogens (tertiary/aromatic N) is 3. The first kappa shape index (κ1) is 15.2. The van der Waals surface area contributed by atoms with Crippen LogP contribution in [0.5, 0.6) is 0 Å². The van der Waals surface area contributed by atoms with E-state index in [9.17, 15) is 0 Å². The summed E-state index contributed by atoms with van der Waals surface area (Å²) in [4.78, 5) is 11.6. The van der Waals surface area contributed by atoms with Gasteiger partial charge in [0.1, 0.15) is 0 Å². The molecule has 0 aromatic carbocycles. The maximum absolute atomic E-state index is 4.71. The molecular weight excluding hydrogens is 248 g/mol. The van der Waals surface area contributed by atoms with Gasteiger partial charge in [0.15, 0.2) is 0 Å². The molecule has 4 nitrogen and oxygen atoms in total. The Kier molecular flexibility index (Phi) is 5.35. The molecule has 4 heteroatoms. The number of anilines is 1. The molecule has 0 aliphatic carbocycles. The third kappa shape index (κ3) is 3.69. The number of hydrogen-bond acceptors (Lipinski definition) is 4. The van der Waals surface area contributed by atoms with Crippen LogP contribution < -0.4 is 10.2 Å². The first-order valence-electron chi connectivity index (χ1n) is 7.90. The van der Waals surface area contributed by atoms with Crippen molar-refractivity contribution in [2.45, 2.75) is 47.1 Å². The van der Waals surface area contributed by atoms with Crippen LogP contribution in [0.2, 0.25) is 0 Å². The molecule has 0 spiro atoms. The molecule has 112 valence electrons. The summed E-state index contributed by atoms with van der Waals surface area (Å²) in [6.45, 7) is 13.0. The summed E-state index contributed by atoms with van der Waals surface area (Å²) in [6.07, 6.45) is 4.38. The van der Waals surface area contributed by atoms with Crippen LogP contribution in [0, 0.1) is 18.8 Å². The molecule has 0 radical (unpaired) electrons. The number of piperidine rings is 1. The van der Waals surface area contributed by atoms with Gasteiger partial charge >= 0.3 is 0 Å². The summed E-state index contributed by atoms with van der Waals surface area (Å²) >= 11 is 0. The second kappa shape index (κ2) is 7.02. The fraction of sp³-hybridized carbons (Fsp3) is 0.750. The van der Waals surface area contributed by atoms with Crippen LogP contribution in [0.3, 0.4) is 0 Å². The van der Waals surface area contributed by atoms with Gasteiger partial charge in [-0.25, -0.2) is 9.97 Å². The highest BCUT2D eigenvalue weighted by molar-refractivity contribution is 5.33. The SMILES string of the molecule is CCCNCc1cnc(N2CCC(C)C(C)C2)nc1C. The van der Waals surface area contributed by atoms with Crippen LogP contribution in [-0.4, -0.2) is 29.6 Å². The number of aromatic nitrogens is 2. The Labute approximate surface area is 123 Å². The highest BCUT2D eigenvalue weighted by Crippen LogP contribution is 2.25. The summed E-state index contributed by atoms with van der Waals surface area (Å²) in [5.41, 5.74) is 2.31. The first-order valence-corrected chi connectivity index (χ1v) is 7.90. The van der Waals surface area contributed by atoms with E-state index in [2.05, 4.69) is 42.9 Å². The van der Waals surface area contributed by atoms with Gasteiger partial charge in [-0.15, -0.1) is 0 Å². The van der Waals surface area contributed by atoms with Crippen LogP contribution in [0.4, 0.5) is 5.95 Å². The van der Waals surface area contributed by atoms with E-state index in [1.54, 1.807) is 0 Å². The molecule has 1 saturated heterocycles. The Morgan fingerprint density at radius 3 is 2.80 bits per heavy atom. The molecule has 0 bridgehead atoms. The van der Waals surface area contributed by atoms with E-state index in [1.807, 2.05) is 6.20 Å². The highest BCUT2D eigenvalue weighted by Gasteiger charge is 2.24. The molecule has 20 heavy (non-hydrogen) atoms. The van der Waals surface area contributed by atoms with Gasteiger partial charge in [-0.2, -0.15) is 0 Å². The van der Waals surface area contributed by atoms with E-state index in [-0.39, 0.29) is 0 Å². The minimum Gasteiger partial charge on any atom is -0.341 e. The third-order valence-electron chi connectivity index (χ3n) is 4.43. The zero-order chi connectivity index (χ0) is 14.5. The quantitative estimate of drug-likeness (QED) is 0.840. The van der Waals surface area contributed by atoms with Crippen LogP contribution in [0.15, 0.2) is 6.20 Å². The zero-order valence-corrected chi connectivity index (χ0v) is 13.3. The molecule has 1 N–H and O–H groups in total. The topological polar surface area (TPSA) is 41.1 Å². The molecule has 2 rings (SSSR count). The van der Waals surface area contributed by atoms with E-state index < -0.39 is 0 Å². The Balaban J connectivity index is 2.01. The molecule has 1 fully saturated rings. The largest absolute Gasteiger partial charge is 0.341 e. The smallest absolute Gasteiger partial charge is 0.225 e. The predicted molar refractivity (Wildman–Crippen MR) is 83.9 cm³/mol. The third-order valence-corrected chi connectivity index (χ3v) is 4.43. The summed E-state index contributed by atoms with van der Waals surface area (Å²) in [7, 11) is 0. The predicted octanol–water partition coefficient (Wildman–Crippen LogP) is 2.77. The second-order valence-electron chi connectivity index (χ2n) is 6.15. The number of rotatable bonds is 5. The molecule has 1 aromatic heterocycles. The number of hydrogen-bond donors (Lipinski definition) is 1. The van der Waals surface area contributed by atoms with Gasteiger partial charge in [-0.05, 0) is 38.1 Å². The first-order chi connectivity index (χ1) is 9.61. The van der Waals surface area contributed by atoms with Crippen molar-refractivity contribution in [2.24, 2.45) is 11.8 Å².